The molecule has 9 heteroatoms. The molecule has 1 aromatic heterocycles. The number of aromatic nitrogens is 1. The SMILES string of the molecule is CCOC(=O)N1CCN([C@@H](C)c2cccc(NC(=O)Nc3ccc(C)nc3)c2F)CC1. The van der Waals surface area contributed by atoms with Crippen LogP contribution < -0.4 is 10.6 Å². The fourth-order valence-electron chi connectivity index (χ4n) is 3.50. The van der Waals surface area contributed by atoms with Crippen molar-refractivity contribution in [1.82, 2.24) is 14.8 Å². The van der Waals surface area contributed by atoms with E-state index in [1.54, 1.807) is 42.3 Å². The minimum Gasteiger partial charge on any atom is -0.450 e. The molecular weight excluding hydrogens is 401 g/mol. The summed E-state index contributed by atoms with van der Waals surface area (Å²) in [6.07, 6.45) is 1.22. The zero-order valence-corrected chi connectivity index (χ0v) is 18.0. The number of halogens is 1. The smallest absolute Gasteiger partial charge is 0.409 e. The summed E-state index contributed by atoms with van der Waals surface area (Å²) in [5.74, 6) is -0.472. The van der Waals surface area contributed by atoms with Gasteiger partial charge in [-0.3, -0.25) is 9.88 Å². The van der Waals surface area contributed by atoms with E-state index in [9.17, 15) is 9.59 Å². The van der Waals surface area contributed by atoms with Crippen molar-refractivity contribution < 1.29 is 18.7 Å². The number of nitrogens with zero attached hydrogens (tertiary/aromatic N) is 3. The average molecular weight is 429 g/mol. The maximum atomic E-state index is 15.2. The van der Waals surface area contributed by atoms with Crippen LogP contribution in [0.15, 0.2) is 36.5 Å². The van der Waals surface area contributed by atoms with Gasteiger partial charge in [0.1, 0.15) is 0 Å². The predicted octanol–water partition coefficient (Wildman–Crippen LogP) is 4.01. The predicted molar refractivity (Wildman–Crippen MR) is 117 cm³/mol. The van der Waals surface area contributed by atoms with Crippen LogP contribution in [0.5, 0.6) is 0 Å². The molecule has 1 aliphatic rings. The van der Waals surface area contributed by atoms with E-state index >= 15 is 4.39 Å². The highest BCUT2D eigenvalue weighted by atomic mass is 19.1. The van der Waals surface area contributed by atoms with Crippen molar-refractivity contribution in [1.29, 1.82) is 0 Å². The van der Waals surface area contributed by atoms with Crippen LogP contribution >= 0.6 is 0 Å². The summed E-state index contributed by atoms with van der Waals surface area (Å²) in [6, 6.07) is 7.70. The van der Waals surface area contributed by atoms with Gasteiger partial charge in [0.05, 0.1) is 24.2 Å². The third kappa shape index (κ3) is 5.69. The molecule has 1 aliphatic heterocycles. The molecule has 1 fully saturated rings. The minimum absolute atomic E-state index is 0.104. The zero-order valence-electron chi connectivity index (χ0n) is 18.0. The quantitative estimate of drug-likeness (QED) is 0.750. The van der Waals surface area contributed by atoms with Crippen molar-refractivity contribution in [2.24, 2.45) is 0 Å². The molecule has 0 aliphatic carbocycles. The van der Waals surface area contributed by atoms with Crippen LogP contribution in [0.3, 0.4) is 0 Å². The average Bonchev–Trinajstić information content (AvgIpc) is 2.76. The molecule has 0 unspecified atom stereocenters. The van der Waals surface area contributed by atoms with Crippen LogP contribution in [0, 0.1) is 12.7 Å². The van der Waals surface area contributed by atoms with Crippen molar-refractivity contribution in [2.45, 2.75) is 26.8 Å². The van der Waals surface area contributed by atoms with Gasteiger partial charge in [-0.05, 0) is 39.0 Å². The Hall–Kier alpha value is -3.20. The molecule has 3 amide bonds. The fraction of sp³-hybridized carbons (Fsp3) is 0.409. The Morgan fingerprint density at radius 1 is 1.16 bits per heavy atom. The van der Waals surface area contributed by atoms with E-state index < -0.39 is 11.8 Å². The van der Waals surface area contributed by atoms with Gasteiger partial charge in [0.2, 0.25) is 0 Å². The maximum Gasteiger partial charge on any atom is 0.409 e. The number of piperazine rings is 1. The molecule has 2 aromatic rings. The van der Waals surface area contributed by atoms with E-state index in [2.05, 4.69) is 20.5 Å². The highest BCUT2D eigenvalue weighted by Gasteiger charge is 2.27. The second kappa shape index (κ2) is 10.2. The molecule has 0 spiro atoms. The van der Waals surface area contributed by atoms with Gasteiger partial charge in [-0.2, -0.15) is 0 Å². The lowest BCUT2D eigenvalue weighted by atomic mass is 10.0. The van der Waals surface area contributed by atoms with Crippen molar-refractivity contribution in [3.8, 4) is 0 Å². The molecule has 2 N–H and O–H groups in total. The van der Waals surface area contributed by atoms with Gasteiger partial charge in [-0.25, -0.2) is 14.0 Å². The topological polar surface area (TPSA) is 86.8 Å². The van der Waals surface area contributed by atoms with Gasteiger partial charge in [-0.1, -0.05) is 12.1 Å². The molecule has 8 nitrogen and oxygen atoms in total. The van der Waals surface area contributed by atoms with Gasteiger partial charge < -0.3 is 20.3 Å². The monoisotopic (exact) mass is 429 g/mol. The Morgan fingerprint density at radius 2 is 1.90 bits per heavy atom. The Balaban J connectivity index is 1.62. The Kier molecular flexibility index (Phi) is 7.41. The Bertz CT molecular complexity index is 914. The maximum absolute atomic E-state index is 15.2. The van der Waals surface area contributed by atoms with Gasteiger partial charge in [0.25, 0.3) is 0 Å². The van der Waals surface area contributed by atoms with E-state index in [0.717, 1.165) is 5.69 Å². The summed E-state index contributed by atoms with van der Waals surface area (Å²) in [6.45, 7) is 8.15. The van der Waals surface area contributed by atoms with Crippen LogP contribution in [0.25, 0.3) is 0 Å². The van der Waals surface area contributed by atoms with Gasteiger partial charge in [0.15, 0.2) is 5.82 Å². The third-order valence-electron chi connectivity index (χ3n) is 5.28. The second-order valence-electron chi connectivity index (χ2n) is 7.37. The zero-order chi connectivity index (χ0) is 22.4. The molecular formula is C22H28FN5O3. The van der Waals surface area contributed by atoms with Crippen molar-refractivity contribution in [3.63, 3.8) is 0 Å². The number of nitrogens with one attached hydrogen (secondary N) is 2. The molecule has 166 valence electrons. The number of urea groups is 1. The first-order valence-electron chi connectivity index (χ1n) is 10.3. The summed E-state index contributed by atoms with van der Waals surface area (Å²) >= 11 is 0. The van der Waals surface area contributed by atoms with Crippen LogP contribution in [-0.4, -0.2) is 59.7 Å². The van der Waals surface area contributed by atoms with Crippen molar-refractivity contribution in [3.05, 3.63) is 53.6 Å². The summed E-state index contributed by atoms with van der Waals surface area (Å²) in [5.41, 5.74) is 1.95. The van der Waals surface area contributed by atoms with Crippen LogP contribution in [-0.2, 0) is 4.74 Å². The van der Waals surface area contributed by atoms with Crippen LogP contribution in [0.1, 0.15) is 31.1 Å². The summed E-state index contributed by atoms with van der Waals surface area (Å²) < 4.78 is 20.2. The fourth-order valence-corrected chi connectivity index (χ4v) is 3.50. The minimum atomic E-state index is -0.544. The Morgan fingerprint density at radius 3 is 2.55 bits per heavy atom. The highest BCUT2D eigenvalue weighted by molar-refractivity contribution is 5.99. The lowest BCUT2D eigenvalue weighted by Gasteiger charge is -2.37. The molecule has 0 bridgehead atoms. The molecule has 0 radical (unpaired) electrons. The molecule has 1 aromatic carbocycles. The molecule has 1 saturated heterocycles. The first kappa shape index (κ1) is 22.5. The van der Waals surface area contributed by atoms with E-state index in [4.69, 9.17) is 4.74 Å². The standard InChI is InChI=1S/C22H28FN5O3/c1-4-31-22(30)28-12-10-27(11-13-28)16(3)18-6-5-7-19(20(18)23)26-21(29)25-17-9-8-15(2)24-14-17/h5-9,14,16H,4,10-13H2,1-3H3,(H2,25,26,29)/t16-/m0/s1. The number of pyridine rings is 1. The van der Waals surface area contributed by atoms with Gasteiger partial charge in [0, 0.05) is 43.5 Å². The van der Waals surface area contributed by atoms with Crippen molar-refractivity contribution in [2.75, 3.05) is 43.4 Å². The largest absolute Gasteiger partial charge is 0.450 e. The Labute approximate surface area is 181 Å². The van der Waals surface area contributed by atoms with Gasteiger partial charge >= 0.3 is 12.1 Å². The van der Waals surface area contributed by atoms with Crippen molar-refractivity contribution >= 4 is 23.5 Å². The number of carbonyl (C=O) groups excluding carboxylic acids is 2. The number of amides is 3. The lowest BCUT2D eigenvalue weighted by molar-refractivity contribution is 0.0681. The number of anilines is 2. The van der Waals surface area contributed by atoms with E-state index in [1.165, 1.54) is 6.07 Å². The third-order valence-corrected chi connectivity index (χ3v) is 5.28. The molecule has 2 heterocycles. The highest BCUT2D eigenvalue weighted by Crippen LogP contribution is 2.28. The summed E-state index contributed by atoms with van der Waals surface area (Å²) in [4.78, 5) is 32.0. The second-order valence-corrected chi connectivity index (χ2v) is 7.37. The molecule has 1 atom stereocenters. The van der Waals surface area contributed by atoms with E-state index in [-0.39, 0.29) is 17.8 Å². The number of carbonyl (C=O) groups is 2. The summed E-state index contributed by atoms with van der Waals surface area (Å²) in [5, 5.41) is 5.21. The number of rotatable bonds is 5. The first-order valence-corrected chi connectivity index (χ1v) is 10.3. The van der Waals surface area contributed by atoms with Crippen LogP contribution in [0.4, 0.5) is 25.4 Å². The van der Waals surface area contributed by atoms with E-state index in [1.807, 2.05) is 13.8 Å². The lowest BCUT2D eigenvalue weighted by Crippen LogP contribution is -2.49. The van der Waals surface area contributed by atoms with Crippen LogP contribution in [0.2, 0.25) is 0 Å². The number of hydrogen-bond donors (Lipinski definition) is 2. The number of aryl methyl sites for hydroxylation is 1. The number of hydrogen-bond acceptors (Lipinski definition) is 5. The first-order chi connectivity index (χ1) is 14.9. The number of benzene rings is 1. The molecule has 3 rings (SSSR count). The molecule has 0 saturated carbocycles. The normalized spacial score (nSPS) is 15.3. The van der Waals surface area contributed by atoms with E-state index in [0.29, 0.717) is 44.0 Å². The number of ether oxygens (including phenoxy) is 1. The summed E-state index contributed by atoms with van der Waals surface area (Å²) in [7, 11) is 0. The van der Waals surface area contributed by atoms with Gasteiger partial charge in [-0.15, -0.1) is 0 Å². The molecule has 31 heavy (non-hydrogen) atoms.